The molecule has 2 fully saturated rings. The Morgan fingerprint density at radius 3 is 2.36 bits per heavy atom. The fourth-order valence-electron chi connectivity index (χ4n) is 3.05. The first-order valence-corrected chi connectivity index (χ1v) is 8.51. The Balaban J connectivity index is 1.56. The predicted molar refractivity (Wildman–Crippen MR) is 92.6 cm³/mol. The molecule has 0 aromatic heterocycles. The molecule has 1 aromatic carbocycles. The molecule has 0 amide bonds. The second-order valence-corrected chi connectivity index (χ2v) is 6.53. The van der Waals surface area contributed by atoms with Crippen LogP contribution in [0.5, 0.6) is 0 Å². The van der Waals surface area contributed by atoms with Crippen LogP contribution in [-0.4, -0.2) is 60.5 Å². The minimum atomic E-state index is -0.124. The van der Waals surface area contributed by atoms with Gasteiger partial charge in [0.15, 0.2) is 0 Å². The molecular formula is C17H24N2O2S. The van der Waals surface area contributed by atoms with E-state index in [4.69, 9.17) is 17.0 Å². The van der Waals surface area contributed by atoms with Crippen molar-refractivity contribution in [3.8, 4) is 0 Å². The molecule has 4 nitrogen and oxygen atoms in total. The largest absolute Gasteiger partial charge is 0.393 e. The zero-order chi connectivity index (χ0) is 15.4. The third-order valence-electron chi connectivity index (χ3n) is 4.49. The number of aliphatic hydroxyl groups excluding tert-OH is 1. The smallest absolute Gasteiger partial charge is 0.0825 e. The molecule has 0 spiro atoms. The number of hydrogen-bond donors (Lipinski definition) is 1. The summed E-state index contributed by atoms with van der Waals surface area (Å²) in [7, 11) is 0. The zero-order valence-corrected chi connectivity index (χ0v) is 13.7. The third-order valence-corrected chi connectivity index (χ3v) is 4.89. The van der Waals surface area contributed by atoms with Crippen molar-refractivity contribution in [3.63, 3.8) is 0 Å². The Labute approximate surface area is 137 Å². The summed E-state index contributed by atoms with van der Waals surface area (Å²) in [6.07, 6.45) is 2.43. The van der Waals surface area contributed by atoms with Crippen molar-refractivity contribution >= 4 is 22.9 Å². The summed E-state index contributed by atoms with van der Waals surface area (Å²) in [4.78, 5) is 5.60. The number of anilines is 1. The molecule has 5 heteroatoms. The number of ether oxygens (including phenoxy) is 1. The van der Waals surface area contributed by atoms with Crippen LogP contribution in [0.25, 0.3) is 0 Å². The number of benzene rings is 1. The minimum Gasteiger partial charge on any atom is -0.393 e. The van der Waals surface area contributed by atoms with Crippen LogP contribution < -0.4 is 4.90 Å². The lowest BCUT2D eigenvalue weighted by Crippen LogP contribution is -2.40. The first-order valence-electron chi connectivity index (χ1n) is 8.10. The topological polar surface area (TPSA) is 35.9 Å². The van der Waals surface area contributed by atoms with E-state index < -0.39 is 0 Å². The monoisotopic (exact) mass is 320 g/mol. The summed E-state index contributed by atoms with van der Waals surface area (Å²) >= 11 is 5.56. The van der Waals surface area contributed by atoms with E-state index in [-0.39, 0.29) is 6.10 Å². The van der Waals surface area contributed by atoms with E-state index >= 15 is 0 Å². The molecular weight excluding hydrogens is 296 g/mol. The summed E-state index contributed by atoms with van der Waals surface area (Å²) in [5.41, 5.74) is 2.50. The van der Waals surface area contributed by atoms with Gasteiger partial charge in [0.25, 0.3) is 0 Å². The van der Waals surface area contributed by atoms with Gasteiger partial charge < -0.3 is 19.6 Å². The third kappa shape index (κ3) is 3.97. The molecule has 0 bridgehead atoms. The van der Waals surface area contributed by atoms with Gasteiger partial charge in [-0.1, -0.05) is 24.4 Å². The van der Waals surface area contributed by atoms with Crippen LogP contribution in [0.4, 0.5) is 5.69 Å². The van der Waals surface area contributed by atoms with Gasteiger partial charge >= 0.3 is 0 Å². The van der Waals surface area contributed by atoms with Crippen molar-refractivity contribution in [1.82, 2.24) is 4.90 Å². The summed E-state index contributed by atoms with van der Waals surface area (Å²) in [5, 5.41) is 9.59. The molecule has 2 saturated heterocycles. The SMILES string of the molecule is OC1CCN(c2ccc(CC(=S)N3CCOCC3)cc2)CC1. The van der Waals surface area contributed by atoms with Crippen LogP contribution in [-0.2, 0) is 11.2 Å². The number of piperidine rings is 1. The second kappa shape index (κ2) is 7.40. The quantitative estimate of drug-likeness (QED) is 0.860. The maximum atomic E-state index is 9.59. The second-order valence-electron chi connectivity index (χ2n) is 6.05. The summed E-state index contributed by atoms with van der Waals surface area (Å²) in [6, 6.07) is 8.70. The van der Waals surface area contributed by atoms with E-state index in [1.165, 1.54) is 11.3 Å². The van der Waals surface area contributed by atoms with Gasteiger partial charge in [0.1, 0.15) is 0 Å². The van der Waals surface area contributed by atoms with Crippen molar-refractivity contribution in [1.29, 1.82) is 0 Å². The highest BCUT2D eigenvalue weighted by Crippen LogP contribution is 2.21. The molecule has 0 unspecified atom stereocenters. The fourth-order valence-corrected chi connectivity index (χ4v) is 3.40. The van der Waals surface area contributed by atoms with Gasteiger partial charge in [-0.05, 0) is 30.5 Å². The van der Waals surface area contributed by atoms with E-state index in [1.54, 1.807) is 0 Å². The molecule has 2 aliphatic heterocycles. The molecule has 1 aromatic rings. The first-order chi connectivity index (χ1) is 10.7. The molecule has 0 aliphatic carbocycles. The van der Waals surface area contributed by atoms with Crippen LogP contribution >= 0.6 is 12.2 Å². The van der Waals surface area contributed by atoms with Crippen LogP contribution in [0, 0.1) is 0 Å². The number of aliphatic hydroxyl groups is 1. The van der Waals surface area contributed by atoms with Crippen LogP contribution in [0.15, 0.2) is 24.3 Å². The fraction of sp³-hybridized carbons (Fsp3) is 0.588. The van der Waals surface area contributed by atoms with Gasteiger partial charge in [0.05, 0.1) is 24.3 Å². The number of hydrogen-bond acceptors (Lipinski definition) is 4. The van der Waals surface area contributed by atoms with Gasteiger partial charge in [-0.15, -0.1) is 0 Å². The van der Waals surface area contributed by atoms with Crippen LogP contribution in [0.3, 0.4) is 0 Å². The maximum absolute atomic E-state index is 9.59. The zero-order valence-electron chi connectivity index (χ0n) is 12.9. The van der Waals surface area contributed by atoms with E-state index in [9.17, 15) is 5.11 Å². The van der Waals surface area contributed by atoms with Crippen molar-refractivity contribution < 1.29 is 9.84 Å². The molecule has 2 heterocycles. The normalized spacial score (nSPS) is 20.2. The van der Waals surface area contributed by atoms with E-state index in [0.717, 1.165) is 63.6 Å². The molecule has 0 saturated carbocycles. The predicted octanol–water partition coefficient (Wildman–Crippen LogP) is 1.85. The van der Waals surface area contributed by atoms with E-state index in [2.05, 4.69) is 34.1 Å². The summed E-state index contributed by atoms with van der Waals surface area (Å²) < 4.78 is 5.37. The maximum Gasteiger partial charge on any atom is 0.0825 e. The number of nitrogens with zero attached hydrogens (tertiary/aromatic N) is 2. The molecule has 1 N–H and O–H groups in total. The lowest BCUT2D eigenvalue weighted by molar-refractivity contribution is 0.0685. The van der Waals surface area contributed by atoms with Crippen LogP contribution in [0.2, 0.25) is 0 Å². The number of morpholine rings is 1. The van der Waals surface area contributed by atoms with Crippen LogP contribution in [0.1, 0.15) is 18.4 Å². The molecule has 120 valence electrons. The first kappa shape index (κ1) is 15.7. The molecule has 3 rings (SSSR count). The Morgan fingerprint density at radius 1 is 1.09 bits per heavy atom. The molecule has 0 radical (unpaired) electrons. The highest BCUT2D eigenvalue weighted by atomic mass is 32.1. The summed E-state index contributed by atoms with van der Waals surface area (Å²) in [6.45, 7) is 5.25. The lowest BCUT2D eigenvalue weighted by Gasteiger charge is -2.31. The Hall–Kier alpha value is -1.17. The number of thiocarbonyl (C=S) groups is 1. The molecule has 0 atom stereocenters. The summed E-state index contributed by atoms with van der Waals surface area (Å²) in [5.74, 6) is 0. The Kier molecular flexibility index (Phi) is 5.28. The van der Waals surface area contributed by atoms with Crippen molar-refractivity contribution in [2.45, 2.75) is 25.4 Å². The lowest BCUT2D eigenvalue weighted by atomic mass is 10.1. The molecule has 22 heavy (non-hydrogen) atoms. The van der Waals surface area contributed by atoms with Crippen molar-refractivity contribution in [2.24, 2.45) is 0 Å². The van der Waals surface area contributed by atoms with Gasteiger partial charge in [-0.2, -0.15) is 0 Å². The van der Waals surface area contributed by atoms with E-state index in [0.29, 0.717) is 0 Å². The number of rotatable bonds is 3. The highest BCUT2D eigenvalue weighted by molar-refractivity contribution is 7.80. The van der Waals surface area contributed by atoms with Gasteiger partial charge in [-0.25, -0.2) is 0 Å². The highest BCUT2D eigenvalue weighted by Gasteiger charge is 2.17. The minimum absolute atomic E-state index is 0.124. The Morgan fingerprint density at radius 2 is 1.73 bits per heavy atom. The van der Waals surface area contributed by atoms with Gasteiger partial charge in [0.2, 0.25) is 0 Å². The van der Waals surface area contributed by atoms with Crippen molar-refractivity contribution in [2.75, 3.05) is 44.3 Å². The van der Waals surface area contributed by atoms with Crippen molar-refractivity contribution in [3.05, 3.63) is 29.8 Å². The standard InChI is InChI=1S/C17H24N2O2S/c20-16-5-7-18(8-6-16)15-3-1-14(2-4-15)13-17(22)19-9-11-21-12-10-19/h1-4,16,20H,5-13H2. The average Bonchev–Trinajstić information content (AvgIpc) is 2.57. The Bertz CT molecular complexity index is 492. The molecule has 2 aliphatic rings. The van der Waals surface area contributed by atoms with Gasteiger partial charge in [-0.3, -0.25) is 0 Å². The average molecular weight is 320 g/mol. The van der Waals surface area contributed by atoms with E-state index in [1.807, 2.05) is 0 Å². The van der Waals surface area contributed by atoms with Gasteiger partial charge in [0, 0.05) is 38.3 Å².